The number of hydrogen-bond acceptors (Lipinski definition) is 9. The molecule has 1 amide bonds. The highest BCUT2D eigenvalue weighted by atomic mass is 32.1. The largest absolute Gasteiger partial charge is 0.488 e. The number of benzene rings is 1. The first kappa shape index (κ1) is 22.8. The molecule has 1 fully saturated rings. The summed E-state index contributed by atoms with van der Waals surface area (Å²) in [4.78, 5) is 31.1. The van der Waals surface area contributed by atoms with E-state index in [4.69, 9.17) is 18.6 Å². The molecule has 4 rings (SSSR count). The quantitative estimate of drug-likeness (QED) is 0.545. The van der Waals surface area contributed by atoms with Gasteiger partial charge in [0.15, 0.2) is 5.58 Å². The van der Waals surface area contributed by atoms with E-state index in [1.807, 2.05) is 6.92 Å². The normalized spacial score (nSPS) is 15.1. The highest BCUT2D eigenvalue weighted by Crippen LogP contribution is 2.34. The number of aryl methyl sites for hydroxylation is 2. The SMILES string of the molecule is COC(=O)C1(NC(=O)c2c(C)oc3c(C#N)cc(OCc4scnc4C)cc23)CCOCC1. The molecule has 33 heavy (non-hydrogen) atoms. The maximum absolute atomic E-state index is 13.4. The van der Waals surface area contributed by atoms with Crippen LogP contribution in [0.3, 0.4) is 0 Å². The average Bonchev–Trinajstić information content (AvgIpc) is 3.38. The lowest BCUT2D eigenvalue weighted by atomic mass is 9.89. The van der Waals surface area contributed by atoms with Gasteiger partial charge in [-0.25, -0.2) is 9.78 Å². The molecule has 0 spiro atoms. The minimum Gasteiger partial charge on any atom is -0.488 e. The fraction of sp³-hybridized carbons (Fsp3) is 0.391. The van der Waals surface area contributed by atoms with E-state index >= 15 is 0 Å². The Labute approximate surface area is 194 Å². The van der Waals surface area contributed by atoms with E-state index in [1.54, 1.807) is 24.6 Å². The van der Waals surface area contributed by atoms with Gasteiger partial charge < -0.3 is 23.9 Å². The van der Waals surface area contributed by atoms with Crippen molar-refractivity contribution in [3.63, 3.8) is 0 Å². The van der Waals surface area contributed by atoms with Crippen LogP contribution in [0.5, 0.6) is 5.75 Å². The summed E-state index contributed by atoms with van der Waals surface area (Å²) >= 11 is 1.48. The zero-order valence-corrected chi connectivity index (χ0v) is 19.3. The van der Waals surface area contributed by atoms with Crippen molar-refractivity contribution in [3.8, 4) is 11.8 Å². The monoisotopic (exact) mass is 469 g/mol. The van der Waals surface area contributed by atoms with E-state index in [-0.39, 0.29) is 17.7 Å². The van der Waals surface area contributed by atoms with Gasteiger partial charge in [0.1, 0.15) is 29.7 Å². The smallest absolute Gasteiger partial charge is 0.331 e. The van der Waals surface area contributed by atoms with Crippen LogP contribution in [-0.2, 0) is 20.9 Å². The number of fused-ring (bicyclic) bond motifs is 1. The molecule has 3 heterocycles. The van der Waals surface area contributed by atoms with E-state index in [0.717, 1.165) is 10.6 Å². The number of ether oxygens (including phenoxy) is 3. The Kier molecular flexibility index (Phi) is 6.35. The van der Waals surface area contributed by atoms with Gasteiger partial charge in [-0.2, -0.15) is 5.26 Å². The van der Waals surface area contributed by atoms with Crippen molar-refractivity contribution in [2.75, 3.05) is 20.3 Å². The Morgan fingerprint density at radius 1 is 1.30 bits per heavy atom. The molecular weight excluding hydrogens is 446 g/mol. The van der Waals surface area contributed by atoms with Crippen molar-refractivity contribution in [2.45, 2.75) is 38.8 Å². The van der Waals surface area contributed by atoms with Crippen LogP contribution in [0, 0.1) is 25.2 Å². The number of esters is 1. The van der Waals surface area contributed by atoms with Gasteiger partial charge in [-0.15, -0.1) is 11.3 Å². The van der Waals surface area contributed by atoms with Crippen LogP contribution < -0.4 is 10.1 Å². The number of nitrogens with zero attached hydrogens (tertiary/aromatic N) is 2. The molecule has 3 aromatic rings. The molecular formula is C23H23N3O6S. The van der Waals surface area contributed by atoms with Crippen LogP contribution in [0.4, 0.5) is 0 Å². The Morgan fingerprint density at radius 3 is 2.70 bits per heavy atom. The highest BCUT2D eigenvalue weighted by Gasteiger charge is 2.43. The standard InChI is InChI=1S/C23H23N3O6S/c1-13-18(33-12-25-13)11-31-16-8-15(10-24)20-17(9-16)19(14(2)32-20)21(27)26-23(22(28)29-3)4-6-30-7-5-23/h8-9,12H,4-7,11H2,1-3H3,(H,26,27). The Balaban J connectivity index is 1.70. The topological polar surface area (TPSA) is 124 Å². The second-order valence-corrected chi connectivity index (χ2v) is 8.72. The lowest BCUT2D eigenvalue weighted by Gasteiger charge is -2.35. The molecule has 172 valence electrons. The van der Waals surface area contributed by atoms with Gasteiger partial charge in [-0.3, -0.25) is 4.79 Å². The van der Waals surface area contributed by atoms with Gasteiger partial charge in [0.25, 0.3) is 5.91 Å². The third-order valence-electron chi connectivity index (χ3n) is 5.78. The van der Waals surface area contributed by atoms with Crippen LogP contribution in [0.15, 0.2) is 22.1 Å². The zero-order valence-electron chi connectivity index (χ0n) is 18.5. The zero-order chi connectivity index (χ0) is 23.6. The van der Waals surface area contributed by atoms with Crippen LogP contribution in [0.1, 0.15) is 45.1 Å². The lowest BCUT2D eigenvalue weighted by molar-refractivity contribution is -0.152. The van der Waals surface area contributed by atoms with Gasteiger partial charge in [0, 0.05) is 37.5 Å². The van der Waals surface area contributed by atoms with Crippen LogP contribution in [0.2, 0.25) is 0 Å². The number of rotatable bonds is 6. The molecule has 1 aliphatic rings. The Bertz CT molecular complexity index is 1250. The number of aromatic nitrogens is 1. The number of carbonyl (C=O) groups excluding carboxylic acids is 2. The fourth-order valence-corrected chi connectivity index (χ4v) is 4.62. The molecule has 0 radical (unpaired) electrons. The van der Waals surface area contributed by atoms with Crippen molar-refractivity contribution in [1.29, 1.82) is 5.26 Å². The predicted octanol–water partition coefficient (Wildman–Crippen LogP) is 3.41. The molecule has 0 bridgehead atoms. The number of hydrogen-bond donors (Lipinski definition) is 1. The number of nitriles is 1. The maximum Gasteiger partial charge on any atom is 0.331 e. The molecule has 0 saturated carbocycles. The van der Waals surface area contributed by atoms with E-state index in [2.05, 4.69) is 16.4 Å². The molecule has 2 aromatic heterocycles. The van der Waals surface area contributed by atoms with Gasteiger partial charge in [-0.1, -0.05) is 0 Å². The number of thiazole rings is 1. The van der Waals surface area contributed by atoms with Gasteiger partial charge >= 0.3 is 5.97 Å². The Hall–Kier alpha value is -3.42. The van der Waals surface area contributed by atoms with Gasteiger partial charge in [0.05, 0.1) is 34.3 Å². The number of carbonyl (C=O) groups is 2. The van der Waals surface area contributed by atoms with Crippen LogP contribution in [0.25, 0.3) is 11.0 Å². The number of methoxy groups -OCH3 is 1. The molecule has 10 heteroatoms. The third-order valence-corrected chi connectivity index (χ3v) is 6.69. The maximum atomic E-state index is 13.4. The summed E-state index contributed by atoms with van der Waals surface area (Å²) in [6, 6.07) is 5.36. The highest BCUT2D eigenvalue weighted by molar-refractivity contribution is 7.09. The molecule has 1 N–H and O–H groups in total. The van der Waals surface area contributed by atoms with E-state index in [1.165, 1.54) is 18.4 Å². The first-order valence-corrected chi connectivity index (χ1v) is 11.2. The van der Waals surface area contributed by atoms with Gasteiger partial charge in [-0.05, 0) is 19.9 Å². The number of amides is 1. The van der Waals surface area contributed by atoms with E-state index in [0.29, 0.717) is 48.5 Å². The third kappa shape index (κ3) is 4.29. The summed E-state index contributed by atoms with van der Waals surface area (Å²) in [7, 11) is 1.29. The fourth-order valence-electron chi connectivity index (χ4n) is 3.93. The van der Waals surface area contributed by atoms with Crippen molar-refractivity contribution >= 4 is 34.2 Å². The lowest BCUT2D eigenvalue weighted by Crippen LogP contribution is -2.58. The molecule has 0 unspecified atom stereocenters. The van der Waals surface area contributed by atoms with Crippen molar-refractivity contribution in [1.82, 2.24) is 10.3 Å². The average molecular weight is 470 g/mol. The number of furan rings is 1. The molecule has 0 aliphatic carbocycles. The minimum absolute atomic E-state index is 0.246. The van der Waals surface area contributed by atoms with E-state index in [9.17, 15) is 14.9 Å². The summed E-state index contributed by atoms with van der Waals surface area (Å²) < 4.78 is 22.0. The molecule has 1 aliphatic heterocycles. The summed E-state index contributed by atoms with van der Waals surface area (Å²) in [6.45, 7) is 4.49. The Morgan fingerprint density at radius 2 is 2.06 bits per heavy atom. The second-order valence-electron chi connectivity index (χ2n) is 7.78. The van der Waals surface area contributed by atoms with E-state index < -0.39 is 17.4 Å². The van der Waals surface area contributed by atoms with Crippen LogP contribution >= 0.6 is 11.3 Å². The van der Waals surface area contributed by atoms with Crippen molar-refractivity contribution < 1.29 is 28.2 Å². The van der Waals surface area contributed by atoms with Crippen molar-refractivity contribution in [2.24, 2.45) is 0 Å². The first-order chi connectivity index (χ1) is 15.9. The summed E-state index contributed by atoms with van der Waals surface area (Å²) in [5.74, 6) is -0.249. The van der Waals surface area contributed by atoms with Crippen molar-refractivity contribution in [3.05, 3.63) is 45.1 Å². The summed E-state index contributed by atoms with van der Waals surface area (Å²) in [6.07, 6.45) is 0.596. The van der Waals surface area contributed by atoms with Gasteiger partial charge in [0.2, 0.25) is 0 Å². The predicted molar refractivity (Wildman–Crippen MR) is 119 cm³/mol. The number of nitrogens with one attached hydrogen (secondary N) is 1. The summed E-state index contributed by atoms with van der Waals surface area (Å²) in [5.41, 5.74) is 2.23. The minimum atomic E-state index is -1.18. The first-order valence-electron chi connectivity index (χ1n) is 10.4. The molecule has 1 aromatic carbocycles. The van der Waals surface area contributed by atoms with Crippen LogP contribution in [-0.4, -0.2) is 42.7 Å². The molecule has 9 nitrogen and oxygen atoms in total. The second kappa shape index (κ2) is 9.21. The molecule has 1 saturated heterocycles. The molecule has 0 atom stereocenters. The summed E-state index contributed by atoms with van der Waals surface area (Å²) in [5, 5.41) is 12.9.